The summed E-state index contributed by atoms with van der Waals surface area (Å²) in [5.74, 6) is 1.06. The predicted molar refractivity (Wildman–Crippen MR) is 169 cm³/mol. The van der Waals surface area contributed by atoms with E-state index in [0.717, 1.165) is 24.2 Å². The average molecular weight is 637 g/mol. The van der Waals surface area contributed by atoms with Gasteiger partial charge in [0.05, 0.1) is 74.8 Å². The van der Waals surface area contributed by atoms with Crippen molar-refractivity contribution in [2.45, 2.75) is 26.1 Å². The summed E-state index contributed by atoms with van der Waals surface area (Å²) in [5, 5.41) is 12.2. The van der Waals surface area contributed by atoms with Crippen LogP contribution in [0.25, 0.3) is 0 Å². The van der Waals surface area contributed by atoms with Crippen LogP contribution in [-0.4, -0.2) is 72.5 Å². The third kappa shape index (κ3) is 9.26. The van der Waals surface area contributed by atoms with Crippen molar-refractivity contribution in [3.8, 4) is 11.5 Å². The number of aromatic nitrogens is 4. The topological polar surface area (TPSA) is 137 Å². The van der Waals surface area contributed by atoms with Crippen molar-refractivity contribution in [2.24, 2.45) is 0 Å². The molecule has 12 nitrogen and oxygen atoms in total. The van der Waals surface area contributed by atoms with Gasteiger partial charge in [-0.25, -0.2) is 28.7 Å². The first kappa shape index (κ1) is 32.9. The van der Waals surface area contributed by atoms with Crippen molar-refractivity contribution >= 4 is 23.3 Å². The van der Waals surface area contributed by atoms with Crippen molar-refractivity contribution in [1.82, 2.24) is 30.6 Å². The SMILES string of the molecule is CCOc1cnc(Nc2ccc([C@@H]3CNCCO3)cc2F)nc1.CCOc1cnc(Nc2ccc([C@H]3CNCCO3)cc2F)nc1. The molecule has 2 saturated heterocycles. The highest BCUT2D eigenvalue weighted by Gasteiger charge is 2.18. The summed E-state index contributed by atoms with van der Waals surface area (Å²) in [5.41, 5.74) is 2.27. The zero-order valence-electron chi connectivity index (χ0n) is 25.8. The van der Waals surface area contributed by atoms with Gasteiger partial charge >= 0.3 is 0 Å². The molecule has 0 bridgehead atoms. The van der Waals surface area contributed by atoms with Gasteiger partial charge in [-0.05, 0) is 49.2 Å². The summed E-state index contributed by atoms with van der Waals surface area (Å²) < 4.78 is 50.3. The Morgan fingerprint density at radius 2 is 1.11 bits per heavy atom. The van der Waals surface area contributed by atoms with Gasteiger partial charge in [-0.3, -0.25) is 0 Å². The fraction of sp³-hybridized carbons (Fsp3) is 0.375. The first-order valence-corrected chi connectivity index (χ1v) is 15.2. The zero-order valence-corrected chi connectivity index (χ0v) is 25.8. The van der Waals surface area contributed by atoms with E-state index >= 15 is 0 Å². The number of ether oxygens (including phenoxy) is 4. The molecular formula is C32H38F2N8O4. The van der Waals surface area contributed by atoms with E-state index < -0.39 is 0 Å². The molecule has 2 fully saturated rings. The van der Waals surface area contributed by atoms with Gasteiger partial charge in [0.15, 0.2) is 11.5 Å². The minimum absolute atomic E-state index is 0.117. The van der Waals surface area contributed by atoms with Crippen molar-refractivity contribution in [3.05, 3.63) is 83.9 Å². The van der Waals surface area contributed by atoms with E-state index in [-0.39, 0.29) is 23.8 Å². The van der Waals surface area contributed by atoms with Crippen LogP contribution >= 0.6 is 0 Å². The molecule has 2 aromatic carbocycles. The maximum atomic E-state index is 14.3. The minimum atomic E-state index is -0.367. The Balaban J connectivity index is 0.000000181. The second-order valence-electron chi connectivity index (χ2n) is 10.2. The maximum Gasteiger partial charge on any atom is 0.227 e. The number of nitrogens with one attached hydrogen (secondary N) is 4. The molecule has 4 aromatic rings. The van der Waals surface area contributed by atoms with Gasteiger partial charge in [-0.15, -0.1) is 0 Å². The lowest BCUT2D eigenvalue weighted by atomic mass is 10.1. The molecule has 4 N–H and O–H groups in total. The van der Waals surface area contributed by atoms with Gasteiger partial charge < -0.3 is 40.2 Å². The second-order valence-corrected chi connectivity index (χ2v) is 10.2. The van der Waals surface area contributed by atoms with Crippen LogP contribution in [0, 0.1) is 11.6 Å². The van der Waals surface area contributed by atoms with Gasteiger partial charge in [-0.2, -0.15) is 0 Å². The zero-order chi connectivity index (χ0) is 32.1. The Labute approximate surface area is 266 Å². The van der Waals surface area contributed by atoms with E-state index in [9.17, 15) is 8.78 Å². The molecule has 6 rings (SSSR count). The van der Waals surface area contributed by atoms with Gasteiger partial charge in [0, 0.05) is 26.2 Å². The third-order valence-corrected chi connectivity index (χ3v) is 6.96. The lowest BCUT2D eigenvalue weighted by molar-refractivity contribution is 0.0275. The summed E-state index contributed by atoms with van der Waals surface area (Å²) in [6.07, 6.45) is 5.96. The lowest BCUT2D eigenvalue weighted by Gasteiger charge is -2.24. The van der Waals surface area contributed by atoms with E-state index in [1.165, 1.54) is 12.1 Å². The quantitative estimate of drug-likeness (QED) is 0.190. The summed E-state index contributed by atoms with van der Waals surface area (Å²) in [6, 6.07) is 9.99. The van der Waals surface area contributed by atoms with Gasteiger partial charge in [-0.1, -0.05) is 12.1 Å². The van der Waals surface area contributed by atoms with Crippen molar-refractivity contribution in [3.63, 3.8) is 0 Å². The molecule has 0 spiro atoms. The molecule has 0 radical (unpaired) electrons. The van der Waals surface area contributed by atoms with E-state index in [1.807, 2.05) is 26.0 Å². The molecule has 2 aromatic heterocycles. The number of nitrogens with zero attached hydrogens (tertiary/aromatic N) is 4. The Kier molecular flexibility index (Phi) is 11.9. The smallest absolute Gasteiger partial charge is 0.227 e. The number of hydrogen-bond donors (Lipinski definition) is 4. The van der Waals surface area contributed by atoms with Gasteiger partial charge in [0.25, 0.3) is 0 Å². The van der Waals surface area contributed by atoms with E-state index in [0.29, 0.717) is 74.3 Å². The molecule has 2 aliphatic rings. The van der Waals surface area contributed by atoms with Crippen LogP contribution in [0.15, 0.2) is 61.2 Å². The lowest BCUT2D eigenvalue weighted by Crippen LogP contribution is -2.33. The standard InChI is InChI=1S/2C16H19FN4O2/c2*1-2-22-12-8-19-16(20-9-12)21-14-4-3-11(7-13(14)17)15-10-18-5-6-23-15/h2*3-4,7-9,15,18H,2,5-6,10H2,1H3,(H,19,20,21)/t2*15-/m10/s1. The first-order valence-electron chi connectivity index (χ1n) is 15.2. The van der Waals surface area contributed by atoms with Crippen LogP contribution in [0.2, 0.25) is 0 Å². The van der Waals surface area contributed by atoms with Crippen LogP contribution in [0.1, 0.15) is 37.2 Å². The number of anilines is 4. The highest BCUT2D eigenvalue weighted by molar-refractivity contribution is 5.56. The van der Waals surface area contributed by atoms with Crippen LogP contribution in [0.4, 0.5) is 32.1 Å². The average Bonchev–Trinajstić information content (AvgIpc) is 3.09. The van der Waals surface area contributed by atoms with Gasteiger partial charge in [0.2, 0.25) is 11.9 Å². The molecule has 14 heteroatoms. The number of halogens is 2. The number of hydrogen-bond acceptors (Lipinski definition) is 12. The molecule has 2 aliphatic heterocycles. The number of rotatable bonds is 10. The molecule has 2 atom stereocenters. The normalized spacial score (nSPS) is 17.7. The van der Waals surface area contributed by atoms with Crippen molar-refractivity contribution in [2.75, 3.05) is 63.2 Å². The summed E-state index contributed by atoms with van der Waals surface area (Å²) >= 11 is 0. The fourth-order valence-corrected chi connectivity index (χ4v) is 4.71. The molecule has 46 heavy (non-hydrogen) atoms. The van der Waals surface area contributed by atoms with Crippen molar-refractivity contribution in [1.29, 1.82) is 0 Å². The van der Waals surface area contributed by atoms with Crippen LogP contribution in [0.3, 0.4) is 0 Å². The Bertz CT molecular complexity index is 1410. The van der Waals surface area contributed by atoms with Gasteiger partial charge in [0.1, 0.15) is 11.6 Å². The first-order chi connectivity index (χ1) is 22.5. The van der Waals surface area contributed by atoms with Crippen LogP contribution in [0.5, 0.6) is 11.5 Å². The molecular weight excluding hydrogens is 598 g/mol. The van der Waals surface area contributed by atoms with E-state index in [4.69, 9.17) is 18.9 Å². The molecule has 0 aliphatic carbocycles. The predicted octanol–water partition coefficient (Wildman–Crippen LogP) is 4.84. The fourth-order valence-electron chi connectivity index (χ4n) is 4.71. The molecule has 0 amide bonds. The highest BCUT2D eigenvalue weighted by Crippen LogP contribution is 2.26. The Morgan fingerprint density at radius 3 is 1.43 bits per heavy atom. The molecule has 0 unspecified atom stereocenters. The largest absolute Gasteiger partial charge is 0.491 e. The Hall–Kier alpha value is -4.50. The Morgan fingerprint density at radius 1 is 0.696 bits per heavy atom. The summed E-state index contributed by atoms with van der Waals surface area (Å²) in [4.78, 5) is 16.4. The van der Waals surface area contributed by atoms with Crippen LogP contribution < -0.4 is 30.7 Å². The molecule has 4 heterocycles. The molecule has 0 saturated carbocycles. The third-order valence-electron chi connectivity index (χ3n) is 6.96. The number of morpholine rings is 2. The highest BCUT2D eigenvalue weighted by atomic mass is 19.1. The second kappa shape index (κ2) is 16.7. The summed E-state index contributed by atoms with van der Waals surface area (Å²) in [6.45, 7) is 9.15. The van der Waals surface area contributed by atoms with Crippen molar-refractivity contribution < 1.29 is 27.7 Å². The monoisotopic (exact) mass is 636 g/mol. The maximum absolute atomic E-state index is 14.3. The summed E-state index contributed by atoms with van der Waals surface area (Å²) in [7, 11) is 0. The van der Waals surface area contributed by atoms with E-state index in [1.54, 1.807) is 36.9 Å². The number of benzene rings is 2. The molecule has 244 valence electrons. The van der Waals surface area contributed by atoms with E-state index in [2.05, 4.69) is 41.2 Å². The van der Waals surface area contributed by atoms with Crippen LogP contribution in [-0.2, 0) is 9.47 Å². The minimum Gasteiger partial charge on any atom is -0.491 e.